The maximum atomic E-state index is 12.8. The SMILES string of the molecule is C=CCN(CC=C)C(=O)c1ccccc1C(=O)c1ccc(Cl)cc1. The third-order valence-corrected chi connectivity index (χ3v) is 3.75. The van der Waals surface area contributed by atoms with Crippen LogP contribution in [0.25, 0.3) is 0 Å². The Morgan fingerprint density at radius 1 is 0.917 bits per heavy atom. The fraction of sp³-hybridized carbons (Fsp3) is 0.100. The number of halogens is 1. The summed E-state index contributed by atoms with van der Waals surface area (Å²) < 4.78 is 0. The highest BCUT2D eigenvalue weighted by molar-refractivity contribution is 6.30. The lowest BCUT2D eigenvalue weighted by atomic mass is 9.97. The van der Waals surface area contributed by atoms with Crippen molar-refractivity contribution >= 4 is 23.3 Å². The zero-order valence-electron chi connectivity index (χ0n) is 13.2. The fourth-order valence-electron chi connectivity index (χ4n) is 2.35. The Bertz CT molecular complexity index is 755. The van der Waals surface area contributed by atoms with Crippen molar-refractivity contribution in [3.8, 4) is 0 Å². The topological polar surface area (TPSA) is 37.4 Å². The van der Waals surface area contributed by atoms with Crippen LogP contribution >= 0.6 is 11.6 Å². The van der Waals surface area contributed by atoms with Gasteiger partial charge in [0.1, 0.15) is 0 Å². The number of rotatable bonds is 7. The summed E-state index contributed by atoms with van der Waals surface area (Å²) in [5, 5.41) is 0.555. The summed E-state index contributed by atoms with van der Waals surface area (Å²) in [5.41, 5.74) is 1.21. The van der Waals surface area contributed by atoms with E-state index in [-0.39, 0.29) is 11.7 Å². The van der Waals surface area contributed by atoms with Gasteiger partial charge in [0, 0.05) is 29.2 Å². The fourth-order valence-corrected chi connectivity index (χ4v) is 2.47. The van der Waals surface area contributed by atoms with E-state index in [0.29, 0.717) is 34.8 Å². The molecule has 0 atom stereocenters. The minimum atomic E-state index is -0.229. The molecule has 0 aromatic heterocycles. The second-order valence-electron chi connectivity index (χ2n) is 5.17. The first-order chi connectivity index (χ1) is 11.6. The van der Waals surface area contributed by atoms with Gasteiger partial charge < -0.3 is 4.90 Å². The second kappa shape index (κ2) is 8.27. The van der Waals surface area contributed by atoms with E-state index in [0.717, 1.165) is 0 Å². The molecule has 2 rings (SSSR count). The van der Waals surface area contributed by atoms with Crippen LogP contribution in [0.15, 0.2) is 73.8 Å². The third kappa shape index (κ3) is 4.00. The minimum absolute atomic E-state index is 0.215. The summed E-state index contributed by atoms with van der Waals surface area (Å²) in [4.78, 5) is 27.1. The molecule has 0 spiro atoms. The van der Waals surface area contributed by atoms with Crippen molar-refractivity contribution in [2.45, 2.75) is 0 Å². The lowest BCUT2D eigenvalue weighted by molar-refractivity contribution is 0.0786. The molecule has 0 radical (unpaired) electrons. The lowest BCUT2D eigenvalue weighted by Gasteiger charge is -2.20. The van der Waals surface area contributed by atoms with Crippen LogP contribution < -0.4 is 0 Å². The maximum Gasteiger partial charge on any atom is 0.255 e. The van der Waals surface area contributed by atoms with E-state index < -0.39 is 0 Å². The first-order valence-corrected chi connectivity index (χ1v) is 7.86. The number of amides is 1. The Kier molecular flexibility index (Phi) is 6.10. The summed E-state index contributed by atoms with van der Waals surface area (Å²) >= 11 is 5.86. The molecular formula is C20H18ClNO2. The van der Waals surface area contributed by atoms with Crippen LogP contribution in [-0.4, -0.2) is 29.7 Å². The highest BCUT2D eigenvalue weighted by atomic mass is 35.5. The number of benzene rings is 2. The van der Waals surface area contributed by atoms with Crippen molar-refractivity contribution in [2.75, 3.05) is 13.1 Å². The number of hydrogen-bond acceptors (Lipinski definition) is 2. The van der Waals surface area contributed by atoms with Crippen molar-refractivity contribution in [2.24, 2.45) is 0 Å². The van der Waals surface area contributed by atoms with Crippen molar-refractivity contribution < 1.29 is 9.59 Å². The Morgan fingerprint density at radius 3 is 2.00 bits per heavy atom. The van der Waals surface area contributed by atoms with E-state index in [2.05, 4.69) is 13.2 Å². The highest BCUT2D eigenvalue weighted by Crippen LogP contribution is 2.18. The van der Waals surface area contributed by atoms with Crippen LogP contribution in [0.1, 0.15) is 26.3 Å². The smallest absolute Gasteiger partial charge is 0.255 e. The molecule has 0 aliphatic heterocycles. The average Bonchev–Trinajstić information content (AvgIpc) is 2.61. The molecule has 2 aromatic rings. The first kappa shape index (κ1) is 17.7. The molecule has 0 saturated carbocycles. The lowest BCUT2D eigenvalue weighted by Crippen LogP contribution is -2.32. The largest absolute Gasteiger partial charge is 0.331 e. The van der Waals surface area contributed by atoms with Gasteiger partial charge >= 0.3 is 0 Å². The van der Waals surface area contributed by atoms with Crippen molar-refractivity contribution in [3.63, 3.8) is 0 Å². The molecule has 0 unspecified atom stereocenters. The van der Waals surface area contributed by atoms with E-state index in [9.17, 15) is 9.59 Å². The van der Waals surface area contributed by atoms with Crippen molar-refractivity contribution in [1.82, 2.24) is 4.90 Å². The first-order valence-electron chi connectivity index (χ1n) is 7.49. The molecule has 0 bridgehead atoms. The van der Waals surface area contributed by atoms with Gasteiger partial charge in [-0.3, -0.25) is 9.59 Å². The normalized spacial score (nSPS) is 10.0. The van der Waals surface area contributed by atoms with Gasteiger partial charge in [0.05, 0.1) is 5.56 Å². The molecule has 1 amide bonds. The highest BCUT2D eigenvalue weighted by Gasteiger charge is 2.21. The monoisotopic (exact) mass is 339 g/mol. The zero-order valence-corrected chi connectivity index (χ0v) is 14.0. The van der Waals surface area contributed by atoms with Crippen LogP contribution in [0.3, 0.4) is 0 Å². The summed E-state index contributed by atoms with van der Waals surface area (Å²) in [6, 6.07) is 13.4. The zero-order chi connectivity index (χ0) is 17.5. The number of carbonyl (C=O) groups excluding carboxylic acids is 2. The van der Waals surface area contributed by atoms with Gasteiger partial charge in [0.25, 0.3) is 5.91 Å². The predicted molar refractivity (Wildman–Crippen MR) is 97.6 cm³/mol. The molecule has 0 aliphatic rings. The van der Waals surface area contributed by atoms with E-state index >= 15 is 0 Å². The van der Waals surface area contributed by atoms with E-state index in [1.165, 1.54) is 0 Å². The Morgan fingerprint density at radius 2 is 1.46 bits per heavy atom. The molecule has 0 aliphatic carbocycles. The summed E-state index contributed by atoms with van der Waals surface area (Å²) in [6.45, 7) is 8.10. The second-order valence-corrected chi connectivity index (χ2v) is 5.61. The molecule has 4 heteroatoms. The minimum Gasteiger partial charge on any atom is -0.331 e. The Balaban J connectivity index is 2.40. The number of ketones is 1. The van der Waals surface area contributed by atoms with Crippen LogP contribution in [0, 0.1) is 0 Å². The van der Waals surface area contributed by atoms with E-state index in [1.54, 1.807) is 65.6 Å². The number of carbonyl (C=O) groups is 2. The third-order valence-electron chi connectivity index (χ3n) is 3.49. The molecule has 0 N–H and O–H groups in total. The molecule has 0 saturated heterocycles. The molecule has 0 heterocycles. The number of nitrogens with zero attached hydrogens (tertiary/aromatic N) is 1. The maximum absolute atomic E-state index is 12.8. The molecule has 0 fully saturated rings. The van der Waals surface area contributed by atoms with Gasteiger partial charge in [-0.05, 0) is 30.3 Å². The van der Waals surface area contributed by atoms with Crippen LogP contribution in [0.2, 0.25) is 5.02 Å². The van der Waals surface area contributed by atoms with Crippen LogP contribution in [0.4, 0.5) is 0 Å². The number of hydrogen-bond donors (Lipinski definition) is 0. The quantitative estimate of drug-likeness (QED) is 0.554. The Hall–Kier alpha value is -2.65. The van der Waals surface area contributed by atoms with Gasteiger partial charge in [0.15, 0.2) is 5.78 Å². The van der Waals surface area contributed by atoms with Gasteiger partial charge in [-0.15, -0.1) is 13.2 Å². The Labute approximate surface area is 146 Å². The van der Waals surface area contributed by atoms with Gasteiger partial charge in [-0.2, -0.15) is 0 Å². The van der Waals surface area contributed by atoms with Crippen LogP contribution in [-0.2, 0) is 0 Å². The molecule has 3 nitrogen and oxygen atoms in total. The van der Waals surface area contributed by atoms with Crippen molar-refractivity contribution in [3.05, 3.63) is 95.6 Å². The summed E-state index contributed by atoms with van der Waals surface area (Å²) in [6.07, 6.45) is 3.29. The van der Waals surface area contributed by atoms with Crippen molar-refractivity contribution in [1.29, 1.82) is 0 Å². The average molecular weight is 340 g/mol. The van der Waals surface area contributed by atoms with Gasteiger partial charge in [0.2, 0.25) is 0 Å². The van der Waals surface area contributed by atoms with E-state index in [1.807, 2.05) is 0 Å². The van der Waals surface area contributed by atoms with E-state index in [4.69, 9.17) is 11.6 Å². The molecule has 122 valence electrons. The van der Waals surface area contributed by atoms with Gasteiger partial charge in [-0.1, -0.05) is 42.0 Å². The summed E-state index contributed by atoms with van der Waals surface area (Å²) in [5.74, 6) is -0.444. The predicted octanol–water partition coefficient (Wildman–Crippen LogP) is 4.39. The van der Waals surface area contributed by atoms with Crippen LogP contribution in [0.5, 0.6) is 0 Å². The molecule has 2 aromatic carbocycles. The summed E-state index contributed by atoms with van der Waals surface area (Å²) in [7, 11) is 0. The molecular weight excluding hydrogens is 322 g/mol. The standard InChI is InChI=1S/C20H18ClNO2/c1-3-13-22(14-4-2)20(24)18-8-6-5-7-17(18)19(23)15-9-11-16(21)12-10-15/h3-12H,1-2,13-14H2. The molecule has 24 heavy (non-hydrogen) atoms. The van der Waals surface area contributed by atoms with Gasteiger partial charge in [-0.25, -0.2) is 0 Å².